The lowest BCUT2D eigenvalue weighted by Gasteiger charge is -2.02. The van der Waals surface area contributed by atoms with Crippen molar-refractivity contribution in [1.29, 1.82) is 0 Å². The molecule has 0 fully saturated rings. The fourth-order valence-corrected chi connectivity index (χ4v) is 1.37. The molecule has 0 bridgehead atoms. The lowest BCUT2D eigenvalue weighted by molar-refractivity contribution is 0.107. The third-order valence-corrected chi connectivity index (χ3v) is 2.05. The van der Waals surface area contributed by atoms with Gasteiger partial charge in [0.15, 0.2) is 11.6 Å². The van der Waals surface area contributed by atoms with Crippen molar-refractivity contribution in [1.82, 2.24) is 0 Å². The monoisotopic (exact) mass is 244 g/mol. The summed E-state index contributed by atoms with van der Waals surface area (Å²) in [6, 6.07) is 0.858. The summed E-state index contributed by atoms with van der Waals surface area (Å²) >= 11 is 15.5. The van der Waals surface area contributed by atoms with Gasteiger partial charge in [-0.05, 0) is 17.7 Å². The number of rotatable bonds is 1. The number of carbonyl (C=O) groups is 1. The summed E-state index contributed by atoms with van der Waals surface area (Å²) in [6.07, 6.45) is 0. The molecule has 70 valence electrons. The highest BCUT2D eigenvalue weighted by atomic mass is 35.5. The van der Waals surface area contributed by atoms with Crippen molar-refractivity contribution in [2.45, 2.75) is 0 Å². The van der Waals surface area contributed by atoms with Crippen LogP contribution in [0.3, 0.4) is 0 Å². The summed E-state index contributed by atoms with van der Waals surface area (Å²) in [7, 11) is 0. The molecular formula is C7HCl3F2O. The Morgan fingerprint density at radius 3 is 1.85 bits per heavy atom. The van der Waals surface area contributed by atoms with Crippen LogP contribution < -0.4 is 0 Å². The summed E-state index contributed by atoms with van der Waals surface area (Å²) in [5.74, 6) is -2.41. The number of halogens is 5. The van der Waals surface area contributed by atoms with Crippen LogP contribution in [0, 0.1) is 11.6 Å². The minimum Gasteiger partial charge on any atom is -0.275 e. The first-order valence-corrected chi connectivity index (χ1v) is 4.11. The van der Waals surface area contributed by atoms with Gasteiger partial charge in [0.05, 0.1) is 10.0 Å². The summed E-state index contributed by atoms with van der Waals surface area (Å²) < 4.78 is 25.9. The molecule has 1 aromatic carbocycles. The van der Waals surface area contributed by atoms with E-state index in [0.717, 1.165) is 6.07 Å². The molecule has 0 spiro atoms. The number of hydrogen-bond donors (Lipinski definition) is 0. The molecule has 0 aromatic heterocycles. The predicted octanol–water partition coefficient (Wildman–Crippen LogP) is 3.65. The predicted molar refractivity (Wildman–Crippen MR) is 46.6 cm³/mol. The zero-order valence-electron chi connectivity index (χ0n) is 5.88. The lowest BCUT2D eigenvalue weighted by Crippen LogP contribution is -2.00. The normalized spacial score (nSPS) is 10.2. The molecule has 0 amide bonds. The number of carbonyl (C=O) groups excluding carboxylic acids is 1. The first kappa shape index (κ1) is 10.7. The zero-order chi connectivity index (χ0) is 10.2. The Kier molecular flexibility index (Phi) is 3.11. The van der Waals surface area contributed by atoms with Gasteiger partial charge in [-0.3, -0.25) is 4.79 Å². The van der Waals surface area contributed by atoms with Gasteiger partial charge in [-0.2, -0.15) is 0 Å². The highest BCUT2D eigenvalue weighted by molar-refractivity contribution is 6.68. The number of benzene rings is 1. The molecule has 0 unspecified atom stereocenters. The van der Waals surface area contributed by atoms with E-state index in [1.54, 1.807) is 0 Å². The van der Waals surface area contributed by atoms with Gasteiger partial charge < -0.3 is 0 Å². The van der Waals surface area contributed by atoms with Gasteiger partial charge in [0.25, 0.3) is 5.24 Å². The Bertz CT molecular complexity index is 352. The van der Waals surface area contributed by atoms with Crippen LogP contribution >= 0.6 is 34.8 Å². The maximum Gasteiger partial charge on any atom is 0.258 e. The van der Waals surface area contributed by atoms with Crippen LogP contribution in [0.4, 0.5) is 8.78 Å². The van der Waals surface area contributed by atoms with Gasteiger partial charge in [-0.15, -0.1) is 0 Å². The first-order chi connectivity index (χ1) is 5.95. The highest BCUT2D eigenvalue weighted by Crippen LogP contribution is 2.28. The average molecular weight is 245 g/mol. The molecule has 1 nitrogen and oxygen atoms in total. The molecule has 0 heterocycles. The third kappa shape index (κ3) is 1.93. The molecule has 0 aliphatic heterocycles. The van der Waals surface area contributed by atoms with E-state index in [1.807, 2.05) is 0 Å². The molecule has 0 saturated heterocycles. The molecule has 0 atom stereocenters. The van der Waals surface area contributed by atoms with E-state index < -0.39 is 32.5 Å². The third-order valence-electron chi connectivity index (χ3n) is 1.31. The maximum absolute atomic E-state index is 13.0. The molecule has 0 radical (unpaired) electrons. The van der Waals surface area contributed by atoms with Crippen molar-refractivity contribution in [3.8, 4) is 0 Å². The van der Waals surface area contributed by atoms with E-state index in [0.29, 0.717) is 0 Å². The fourth-order valence-electron chi connectivity index (χ4n) is 0.746. The van der Waals surface area contributed by atoms with Gasteiger partial charge in [0, 0.05) is 0 Å². The van der Waals surface area contributed by atoms with Crippen LogP contribution in [0.5, 0.6) is 0 Å². The summed E-state index contributed by atoms with van der Waals surface area (Å²) in [4.78, 5) is 10.6. The van der Waals surface area contributed by atoms with E-state index >= 15 is 0 Å². The second-order valence-corrected chi connectivity index (χ2v) is 3.27. The second kappa shape index (κ2) is 3.78. The maximum atomic E-state index is 13.0. The van der Waals surface area contributed by atoms with Crippen molar-refractivity contribution in [2.24, 2.45) is 0 Å². The molecule has 0 aliphatic carbocycles. The van der Waals surface area contributed by atoms with Crippen LogP contribution in [0.25, 0.3) is 0 Å². The van der Waals surface area contributed by atoms with Gasteiger partial charge in [0.1, 0.15) is 5.56 Å². The Morgan fingerprint density at radius 2 is 1.54 bits per heavy atom. The van der Waals surface area contributed by atoms with Crippen molar-refractivity contribution in [3.05, 3.63) is 33.3 Å². The van der Waals surface area contributed by atoms with Crippen LogP contribution in [-0.2, 0) is 0 Å². The quantitative estimate of drug-likeness (QED) is 0.545. The summed E-state index contributed by atoms with van der Waals surface area (Å²) in [5, 5.41) is -2.18. The van der Waals surface area contributed by atoms with Gasteiger partial charge in [-0.1, -0.05) is 23.2 Å². The smallest absolute Gasteiger partial charge is 0.258 e. The zero-order valence-corrected chi connectivity index (χ0v) is 8.14. The summed E-state index contributed by atoms with van der Waals surface area (Å²) in [5.41, 5.74) is -0.931. The first-order valence-electron chi connectivity index (χ1n) is 2.98. The Hall–Kier alpha value is -0.380. The molecule has 13 heavy (non-hydrogen) atoms. The van der Waals surface area contributed by atoms with E-state index in [9.17, 15) is 13.6 Å². The molecule has 1 aromatic rings. The minimum absolute atomic E-state index is 0.449. The van der Waals surface area contributed by atoms with E-state index in [-0.39, 0.29) is 0 Å². The molecule has 6 heteroatoms. The SMILES string of the molecule is O=C(Cl)c1c(F)c(Cl)cc(Cl)c1F. The van der Waals surface area contributed by atoms with Gasteiger partial charge in [0.2, 0.25) is 0 Å². The standard InChI is InChI=1S/C7HCl3F2O/c8-2-1-3(9)6(12)4(5(2)11)7(10)13/h1H. The Balaban J connectivity index is 3.56. The van der Waals surface area contributed by atoms with Crippen molar-refractivity contribution in [3.63, 3.8) is 0 Å². The minimum atomic E-state index is -1.28. The second-order valence-electron chi connectivity index (χ2n) is 2.12. The fraction of sp³-hybridized carbons (Fsp3) is 0. The van der Waals surface area contributed by atoms with Crippen molar-refractivity contribution >= 4 is 40.0 Å². The van der Waals surface area contributed by atoms with Crippen molar-refractivity contribution < 1.29 is 13.6 Å². The average Bonchev–Trinajstić information content (AvgIpc) is 2.01. The van der Waals surface area contributed by atoms with Crippen LogP contribution in [0.15, 0.2) is 6.07 Å². The van der Waals surface area contributed by atoms with E-state index in [2.05, 4.69) is 0 Å². The topological polar surface area (TPSA) is 17.1 Å². The molecule has 0 N–H and O–H groups in total. The lowest BCUT2D eigenvalue weighted by atomic mass is 10.2. The van der Waals surface area contributed by atoms with Gasteiger partial charge >= 0.3 is 0 Å². The summed E-state index contributed by atoms with van der Waals surface area (Å²) in [6.45, 7) is 0. The van der Waals surface area contributed by atoms with Crippen LogP contribution in [0.1, 0.15) is 10.4 Å². The highest BCUT2D eigenvalue weighted by Gasteiger charge is 2.21. The Labute approximate surface area is 87.2 Å². The Morgan fingerprint density at radius 1 is 1.15 bits per heavy atom. The number of hydrogen-bond acceptors (Lipinski definition) is 1. The molecule has 0 saturated carbocycles. The van der Waals surface area contributed by atoms with E-state index in [4.69, 9.17) is 34.8 Å². The van der Waals surface area contributed by atoms with E-state index in [1.165, 1.54) is 0 Å². The molecule has 0 aliphatic rings. The molecule has 1 rings (SSSR count). The van der Waals surface area contributed by atoms with Crippen LogP contribution in [-0.4, -0.2) is 5.24 Å². The molecular weight excluding hydrogens is 244 g/mol. The van der Waals surface area contributed by atoms with Crippen molar-refractivity contribution in [2.75, 3.05) is 0 Å². The van der Waals surface area contributed by atoms with Crippen LogP contribution in [0.2, 0.25) is 10.0 Å². The largest absolute Gasteiger partial charge is 0.275 e. The van der Waals surface area contributed by atoms with Gasteiger partial charge in [-0.25, -0.2) is 8.78 Å².